The number of anilines is 1. The zero-order valence-corrected chi connectivity index (χ0v) is 15.5. The van der Waals surface area contributed by atoms with Gasteiger partial charge in [-0.2, -0.15) is 0 Å². The van der Waals surface area contributed by atoms with Crippen molar-refractivity contribution in [2.24, 2.45) is 0 Å². The number of rotatable bonds is 5. The molecule has 2 aromatic rings. The maximum atomic E-state index is 12.1. The second-order valence-electron chi connectivity index (χ2n) is 5.39. The molecule has 0 aromatic heterocycles. The molecule has 0 fully saturated rings. The van der Waals surface area contributed by atoms with Gasteiger partial charge in [0.1, 0.15) is 5.75 Å². The van der Waals surface area contributed by atoms with Gasteiger partial charge in [-0.1, -0.05) is 23.2 Å². The van der Waals surface area contributed by atoms with Crippen molar-refractivity contribution in [3.8, 4) is 5.75 Å². The number of nitrogens with one attached hydrogen (secondary N) is 1. The summed E-state index contributed by atoms with van der Waals surface area (Å²) in [6.07, 6.45) is 0. The molecular weight excluding hydrogens is 365 g/mol. The normalized spacial score (nSPS) is 10.3. The summed E-state index contributed by atoms with van der Waals surface area (Å²) in [5, 5.41) is 3.59. The van der Waals surface area contributed by atoms with Crippen molar-refractivity contribution >= 4 is 40.8 Å². The van der Waals surface area contributed by atoms with Gasteiger partial charge in [-0.25, -0.2) is 4.79 Å². The second-order valence-corrected chi connectivity index (χ2v) is 6.18. The molecule has 0 aliphatic carbocycles. The lowest BCUT2D eigenvalue weighted by atomic mass is 10.1. The van der Waals surface area contributed by atoms with E-state index in [0.29, 0.717) is 21.5 Å². The monoisotopic (exact) mass is 381 g/mol. The number of hydrogen-bond donors (Lipinski definition) is 1. The lowest BCUT2D eigenvalue weighted by Crippen LogP contribution is -2.20. The molecule has 0 aliphatic heterocycles. The second kappa shape index (κ2) is 8.23. The summed E-state index contributed by atoms with van der Waals surface area (Å²) in [5.74, 6) is -0.381. The third kappa shape index (κ3) is 4.87. The summed E-state index contributed by atoms with van der Waals surface area (Å²) in [6.45, 7) is 3.51. The predicted molar refractivity (Wildman–Crippen MR) is 97.8 cm³/mol. The zero-order chi connectivity index (χ0) is 18.6. The van der Waals surface area contributed by atoms with Crippen molar-refractivity contribution in [1.29, 1.82) is 0 Å². The summed E-state index contributed by atoms with van der Waals surface area (Å²) in [5.41, 5.74) is 2.32. The highest BCUT2D eigenvalue weighted by Gasteiger charge is 2.12. The standard InChI is InChI=1S/C18H17Cl2NO4/c1-10-6-13(7-11(2)17(10)20)25-9-16(22)21-15-8-12(18(23)24-3)4-5-14(15)19/h4-8H,9H2,1-3H3,(H,21,22). The van der Waals surface area contributed by atoms with Crippen molar-refractivity contribution in [2.75, 3.05) is 19.0 Å². The number of ether oxygens (including phenoxy) is 2. The maximum Gasteiger partial charge on any atom is 0.337 e. The van der Waals surface area contributed by atoms with E-state index < -0.39 is 11.9 Å². The van der Waals surface area contributed by atoms with Gasteiger partial charge in [-0.3, -0.25) is 4.79 Å². The minimum Gasteiger partial charge on any atom is -0.484 e. The van der Waals surface area contributed by atoms with Crippen LogP contribution in [0, 0.1) is 13.8 Å². The molecule has 0 spiro atoms. The average Bonchev–Trinajstić information content (AvgIpc) is 2.58. The first-order chi connectivity index (χ1) is 11.8. The average molecular weight is 382 g/mol. The first-order valence-electron chi connectivity index (χ1n) is 7.39. The lowest BCUT2D eigenvalue weighted by Gasteiger charge is -2.11. The van der Waals surface area contributed by atoms with E-state index in [1.165, 1.54) is 25.3 Å². The van der Waals surface area contributed by atoms with E-state index >= 15 is 0 Å². The number of hydrogen-bond acceptors (Lipinski definition) is 4. The van der Waals surface area contributed by atoms with Crippen molar-refractivity contribution in [3.05, 3.63) is 57.1 Å². The van der Waals surface area contributed by atoms with Crippen molar-refractivity contribution in [3.63, 3.8) is 0 Å². The molecule has 0 aliphatic rings. The van der Waals surface area contributed by atoms with Gasteiger partial charge in [0.15, 0.2) is 6.61 Å². The summed E-state index contributed by atoms with van der Waals surface area (Å²) in [7, 11) is 1.28. The quantitative estimate of drug-likeness (QED) is 0.778. The Morgan fingerprint density at radius 2 is 1.72 bits per heavy atom. The summed E-state index contributed by atoms with van der Waals surface area (Å²) in [4.78, 5) is 23.6. The summed E-state index contributed by atoms with van der Waals surface area (Å²) >= 11 is 12.1. The molecule has 2 rings (SSSR count). The highest BCUT2D eigenvalue weighted by molar-refractivity contribution is 6.34. The lowest BCUT2D eigenvalue weighted by molar-refractivity contribution is -0.118. The first-order valence-corrected chi connectivity index (χ1v) is 8.14. The molecule has 7 heteroatoms. The molecule has 2 aromatic carbocycles. The van der Waals surface area contributed by atoms with E-state index in [0.717, 1.165) is 11.1 Å². The third-order valence-corrected chi connectivity index (χ3v) is 4.37. The van der Waals surface area contributed by atoms with Crippen LogP contribution in [0.15, 0.2) is 30.3 Å². The van der Waals surface area contributed by atoms with E-state index in [1.807, 2.05) is 13.8 Å². The van der Waals surface area contributed by atoms with E-state index in [-0.39, 0.29) is 12.2 Å². The minimum absolute atomic E-state index is 0.209. The Balaban J connectivity index is 2.04. The van der Waals surface area contributed by atoms with Crippen LogP contribution in [-0.4, -0.2) is 25.6 Å². The van der Waals surface area contributed by atoms with Crippen LogP contribution >= 0.6 is 23.2 Å². The molecular formula is C18H17Cl2NO4. The SMILES string of the molecule is COC(=O)c1ccc(Cl)c(NC(=O)COc2cc(C)c(Cl)c(C)c2)c1. The van der Waals surface area contributed by atoms with Gasteiger partial charge in [0, 0.05) is 5.02 Å². The van der Waals surface area contributed by atoms with Crippen LogP contribution in [0.3, 0.4) is 0 Å². The molecule has 1 amide bonds. The van der Waals surface area contributed by atoms with Gasteiger partial charge in [0.05, 0.1) is 23.4 Å². The molecule has 25 heavy (non-hydrogen) atoms. The predicted octanol–water partition coefficient (Wildman–Crippen LogP) is 4.41. The van der Waals surface area contributed by atoms with Crippen molar-refractivity contribution < 1.29 is 19.1 Å². The zero-order valence-electron chi connectivity index (χ0n) is 14.0. The Bertz CT molecular complexity index is 798. The number of esters is 1. The van der Waals surface area contributed by atoms with Crippen LogP contribution in [0.5, 0.6) is 5.75 Å². The minimum atomic E-state index is -0.518. The molecule has 1 N–H and O–H groups in total. The van der Waals surface area contributed by atoms with Crippen LogP contribution < -0.4 is 10.1 Å². The molecule has 0 saturated heterocycles. The third-order valence-electron chi connectivity index (χ3n) is 3.44. The van der Waals surface area contributed by atoms with Gasteiger partial charge in [0.25, 0.3) is 5.91 Å². The summed E-state index contributed by atoms with van der Waals surface area (Å²) < 4.78 is 10.1. The number of halogens is 2. The Morgan fingerprint density at radius 3 is 2.32 bits per heavy atom. The van der Waals surface area contributed by atoms with Gasteiger partial charge >= 0.3 is 5.97 Å². The number of benzene rings is 2. The van der Waals surface area contributed by atoms with Gasteiger partial charge < -0.3 is 14.8 Å². The molecule has 0 heterocycles. The van der Waals surface area contributed by atoms with Gasteiger partial charge in [-0.05, 0) is 55.3 Å². The smallest absolute Gasteiger partial charge is 0.337 e. The number of methoxy groups -OCH3 is 1. The molecule has 132 valence electrons. The van der Waals surface area contributed by atoms with Gasteiger partial charge in [-0.15, -0.1) is 0 Å². The topological polar surface area (TPSA) is 64.6 Å². The summed E-state index contributed by atoms with van der Waals surface area (Å²) in [6, 6.07) is 7.99. The molecule has 0 unspecified atom stereocenters. The number of aryl methyl sites for hydroxylation is 2. The van der Waals surface area contributed by atoms with Crippen LogP contribution in [-0.2, 0) is 9.53 Å². The molecule has 0 bridgehead atoms. The number of carbonyl (C=O) groups excluding carboxylic acids is 2. The Hall–Kier alpha value is -2.24. The molecule has 5 nitrogen and oxygen atoms in total. The largest absolute Gasteiger partial charge is 0.484 e. The fourth-order valence-corrected chi connectivity index (χ4v) is 2.46. The molecule has 0 radical (unpaired) electrons. The van der Waals surface area contributed by atoms with E-state index in [2.05, 4.69) is 10.1 Å². The Morgan fingerprint density at radius 1 is 1.08 bits per heavy atom. The van der Waals surface area contributed by atoms with Crippen LogP contribution in [0.4, 0.5) is 5.69 Å². The first kappa shape index (κ1) is 19.1. The fraction of sp³-hybridized carbons (Fsp3) is 0.222. The van der Waals surface area contributed by atoms with Gasteiger partial charge in [0.2, 0.25) is 0 Å². The van der Waals surface area contributed by atoms with Crippen molar-refractivity contribution in [2.45, 2.75) is 13.8 Å². The van der Waals surface area contributed by atoms with E-state index in [9.17, 15) is 9.59 Å². The van der Waals surface area contributed by atoms with E-state index in [4.69, 9.17) is 27.9 Å². The maximum absolute atomic E-state index is 12.1. The number of carbonyl (C=O) groups is 2. The van der Waals surface area contributed by atoms with Crippen molar-refractivity contribution in [1.82, 2.24) is 0 Å². The Kier molecular flexibility index (Phi) is 6.28. The molecule has 0 atom stereocenters. The number of amides is 1. The van der Waals surface area contributed by atoms with E-state index in [1.54, 1.807) is 12.1 Å². The van der Waals surface area contributed by atoms with Crippen LogP contribution in [0.1, 0.15) is 21.5 Å². The highest BCUT2D eigenvalue weighted by atomic mass is 35.5. The highest BCUT2D eigenvalue weighted by Crippen LogP contribution is 2.26. The van der Waals surface area contributed by atoms with Crippen LogP contribution in [0.2, 0.25) is 10.0 Å². The Labute approximate surface area is 155 Å². The fourth-order valence-electron chi connectivity index (χ4n) is 2.19. The van der Waals surface area contributed by atoms with Crippen LogP contribution in [0.25, 0.3) is 0 Å². The molecule has 0 saturated carbocycles.